The smallest absolute Gasteiger partial charge is 0.224 e. The fourth-order valence-electron chi connectivity index (χ4n) is 6.05. The van der Waals surface area contributed by atoms with Crippen molar-refractivity contribution in [3.05, 3.63) is 12.3 Å². The molecule has 1 unspecified atom stereocenters. The maximum absolute atomic E-state index is 12.6. The van der Waals surface area contributed by atoms with Crippen molar-refractivity contribution in [3.8, 4) is 0 Å². The maximum atomic E-state index is 12.6. The molecule has 1 aromatic rings. The molecule has 3 saturated heterocycles. The zero-order chi connectivity index (χ0) is 24.3. The summed E-state index contributed by atoms with van der Waals surface area (Å²) in [6.45, 7) is 8.51. The molecule has 0 aliphatic carbocycles. The van der Waals surface area contributed by atoms with Crippen LogP contribution in [-0.4, -0.2) is 77.0 Å². The highest BCUT2D eigenvalue weighted by Gasteiger charge is 2.30. The highest BCUT2D eigenvalue weighted by molar-refractivity contribution is 5.76. The lowest BCUT2D eigenvalue weighted by atomic mass is 9.97. The van der Waals surface area contributed by atoms with E-state index in [0.29, 0.717) is 18.0 Å². The molecule has 4 heterocycles. The molecule has 0 bridgehead atoms. The molecule has 1 aromatic heterocycles. The Morgan fingerprint density at radius 2 is 1.71 bits per heavy atom. The molecule has 196 valence electrons. The van der Waals surface area contributed by atoms with E-state index < -0.39 is 0 Å². The van der Waals surface area contributed by atoms with Gasteiger partial charge < -0.3 is 15.1 Å². The van der Waals surface area contributed by atoms with Crippen molar-refractivity contribution < 1.29 is 4.79 Å². The summed E-state index contributed by atoms with van der Waals surface area (Å²) in [5, 5.41) is 3.65. The molecule has 1 atom stereocenters. The van der Waals surface area contributed by atoms with Gasteiger partial charge in [0.1, 0.15) is 5.82 Å². The zero-order valence-electron chi connectivity index (χ0n) is 22.1. The van der Waals surface area contributed by atoms with Gasteiger partial charge in [-0.1, -0.05) is 45.4 Å². The second-order valence-corrected chi connectivity index (χ2v) is 10.9. The van der Waals surface area contributed by atoms with E-state index in [9.17, 15) is 4.79 Å². The van der Waals surface area contributed by atoms with Crippen LogP contribution in [0.5, 0.6) is 0 Å². The number of nitrogens with one attached hydrogen (secondary N) is 1. The second kappa shape index (κ2) is 14.0. The third kappa shape index (κ3) is 8.06. The summed E-state index contributed by atoms with van der Waals surface area (Å²) in [6.07, 6.45) is 18.5. The predicted molar refractivity (Wildman–Crippen MR) is 144 cm³/mol. The Hall–Kier alpha value is -1.89. The number of likely N-dealkylation sites (tertiary alicyclic amines) is 2. The normalized spacial score (nSPS) is 22.7. The first-order valence-corrected chi connectivity index (χ1v) is 14.6. The SMILES string of the molecule is CCCCCCCC(=O)N1CCC(N2CCCC(Nc3nccc(N4CCCCCC4)n3)C2)CC1. The van der Waals surface area contributed by atoms with Gasteiger partial charge in [0.05, 0.1) is 0 Å². The minimum absolute atomic E-state index is 0.375. The second-order valence-electron chi connectivity index (χ2n) is 10.9. The number of piperidine rings is 2. The molecule has 0 radical (unpaired) electrons. The fraction of sp³-hybridized carbons (Fsp3) is 0.821. The van der Waals surface area contributed by atoms with Crippen molar-refractivity contribution in [3.63, 3.8) is 0 Å². The minimum atomic E-state index is 0.375. The number of anilines is 2. The molecule has 0 spiro atoms. The van der Waals surface area contributed by atoms with E-state index in [1.54, 1.807) is 0 Å². The maximum Gasteiger partial charge on any atom is 0.224 e. The largest absolute Gasteiger partial charge is 0.356 e. The van der Waals surface area contributed by atoms with Crippen LogP contribution in [0.25, 0.3) is 0 Å². The van der Waals surface area contributed by atoms with Gasteiger partial charge in [0.2, 0.25) is 11.9 Å². The summed E-state index contributed by atoms with van der Waals surface area (Å²) < 4.78 is 0. The topological polar surface area (TPSA) is 64.6 Å². The third-order valence-electron chi connectivity index (χ3n) is 8.18. The lowest BCUT2D eigenvalue weighted by Crippen LogP contribution is -2.51. The Kier molecular flexibility index (Phi) is 10.5. The number of carbonyl (C=O) groups excluding carboxylic acids is 1. The lowest BCUT2D eigenvalue weighted by molar-refractivity contribution is -0.133. The summed E-state index contributed by atoms with van der Waals surface area (Å²) in [5.41, 5.74) is 0. The number of nitrogens with zero attached hydrogens (tertiary/aromatic N) is 5. The molecular formula is C28H48N6O. The molecular weight excluding hydrogens is 436 g/mol. The lowest BCUT2D eigenvalue weighted by Gasteiger charge is -2.42. The Morgan fingerprint density at radius 1 is 0.943 bits per heavy atom. The fourth-order valence-corrected chi connectivity index (χ4v) is 6.05. The summed E-state index contributed by atoms with van der Waals surface area (Å²) >= 11 is 0. The summed E-state index contributed by atoms with van der Waals surface area (Å²) in [4.78, 5) is 29.2. The Bertz CT molecular complexity index is 758. The van der Waals surface area contributed by atoms with Crippen LogP contribution in [0, 0.1) is 0 Å². The van der Waals surface area contributed by atoms with E-state index >= 15 is 0 Å². The number of unbranched alkanes of at least 4 members (excludes halogenated alkanes) is 4. The van der Waals surface area contributed by atoms with Crippen LogP contribution in [0.2, 0.25) is 0 Å². The number of rotatable bonds is 10. The molecule has 7 nitrogen and oxygen atoms in total. The zero-order valence-corrected chi connectivity index (χ0v) is 22.1. The first-order valence-electron chi connectivity index (χ1n) is 14.6. The van der Waals surface area contributed by atoms with Crippen LogP contribution in [-0.2, 0) is 4.79 Å². The van der Waals surface area contributed by atoms with Crippen molar-refractivity contribution in [1.82, 2.24) is 19.8 Å². The van der Waals surface area contributed by atoms with E-state index in [1.807, 2.05) is 6.20 Å². The van der Waals surface area contributed by atoms with E-state index in [-0.39, 0.29) is 0 Å². The average Bonchev–Trinajstić information content (AvgIpc) is 3.19. The molecule has 0 aromatic carbocycles. The average molecular weight is 485 g/mol. The quantitative estimate of drug-likeness (QED) is 0.467. The predicted octanol–water partition coefficient (Wildman–Crippen LogP) is 5.08. The van der Waals surface area contributed by atoms with Gasteiger partial charge in [-0.2, -0.15) is 4.98 Å². The highest BCUT2D eigenvalue weighted by Crippen LogP contribution is 2.24. The van der Waals surface area contributed by atoms with Crippen LogP contribution in [0.3, 0.4) is 0 Å². The van der Waals surface area contributed by atoms with Gasteiger partial charge in [0, 0.05) is 57.4 Å². The van der Waals surface area contributed by atoms with Gasteiger partial charge in [0.15, 0.2) is 0 Å². The van der Waals surface area contributed by atoms with E-state index in [0.717, 1.165) is 70.2 Å². The van der Waals surface area contributed by atoms with Gasteiger partial charge in [0.25, 0.3) is 0 Å². The summed E-state index contributed by atoms with van der Waals surface area (Å²) in [5.74, 6) is 2.22. The Labute approximate surface area is 213 Å². The minimum Gasteiger partial charge on any atom is -0.356 e. The molecule has 3 aliphatic heterocycles. The van der Waals surface area contributed by atoms with E-state index in [4.69, 9.17) is 4.98 Å². The van der Waals surface area contributed by atoms with Crippen LogP contribution >= 0.6 is 0 Å². The van der Waals surface area contributed by atoms with Crippen molar-refractivity contribution in [2.75, 3.05) is 49.5 Å². The number of carbonyl (C=O) groups is 1. The van der Waals surface area contributed by atoms with Crippen LogP contribution in [0.1, 0.15) is 96.8 Å². The monoisotopic (exact) mass is 484 g/mol. The van der Waals surface area contributed by atoms with E-state index in [2.05, 4.69) is 38.0 Å². The van der Waals surface area contributed by atoms with Crippen molar-refractivity contribution >= 4 is 17.7 Å². The summed E-state index contributed by atoms with van der Waals surface area (Å²) in [6, 6.07) is 3.05. The third-order valence-corrected chi connectivity index (χ3v) is 8.18. The molecule has 35 heavy (non-hydrogen) atoms. The molecule has 0 saturated carbocycles. The Balaban J connectivity index is 1.21. The van der Waals surface area contributed by atoms with Crippen molar-refractivity contribution in [2.24, 2.45) is 0 Å². The molecule has 4 rings (SSSR count). The number of aromatic nitrogens is 2. The van der Waals surface area contributed by atoms with Crippen LogP contribution in [0.4, 0.5) is 11.8 Å². The number of hydrogen-bond donors (Lipinski definition) is 1. The van der Waals surface area contributed by atoms with Crippen LogP contribution < -0.4 is 10.2 Å². The summed E-state index contributed by atoms with van der Waals surface area (Å²) in [7, 11) is 0. The van der Waals surface area contributed by atoms with Gasteiger partial charge in [-0.05, 0) is 57.6 Å². The highest BCUT2D eigenvalue weighted by atomic mass is 16.2. The molecule has 3 aliphatic rings. The van der Waals surface area contributed by atoms with Gasteiger partial charge in [-0.25, -0.2) is 4.98 Å². The standard InChI is InChI=1S/C28H48N6O/c1-2-3-4-5-8-13-27(35)33-21-15-25(16-22-33)34-20-11-12-24(23-34)30-28-29-17-14-26(31-28)32-18-9-6-7-10-19-32/h14,17,24-25H,2-13,15-16,18-23H2,1H3,(H,29,30,31). The van der Waals surface area contributed by atoms with Crippen molar-refractivity contribution in [1.29, 1.82) is 0 Å². The first kappa shape index (κ1) is 26.2. The molecule has 3 fully saturated rings. The van der Waals surface area contributed by atoms with Crippen LogP contribution in [0.15, 0.2) is 12.3 Å². The van der Waals surface area contributed by atoms with Gasteiger partial charge in [-0.15, -0.1) is 0 Å². The molecule has 7 heteroatoms. The van der Waals surface area contributed by atoms with E-state index in [1.165, 1.54) is 70.8 Å². The Morgan fingerprint density at radius 3 is 2.49 bits per heavy atom. The number of amides is 1. The van der Waals surface area contributed by atoms with Gasteiger partial charge in [-0.3, -0.25) is 9.69 Å². The van der Waals surface area contributed by atoms with Crippen molar-refractivity contribution in [2.45, 2.75) is 109 Å². The first-order chi connectivity index (χ1) is 17.2. The number of hydrogen-bond acceptors (Lipinski definition) is 6. The molecule has 1 N–H and O–H groups in total. The molecule has 1 amide bonds. The van der Waals surface area contributed by atoms with Gasteiger partial charge >= 0.3 is 0 Å².